The number of amides is 1. The number of para-hydroxylation sites is 1. The van der Waals surface area contributed by atoms with Gasteiger partial charge < -0.3 is 15.6 Å². The number of aromatic nitrogens is 1. The highest BCUT2D eigenvalue weighted by atomic mass is 32.1. The van der Waals surface area contributed by atoms with E-state index in [0.717, 1.165) is 21.1 Å². The zero-order chi connectivity index (χ0) is 14.3. The number of nitrogen functional groups attached to an aromatic ring is 1. The quantitative estimate of drug-likeness (QED) is 0.829. The van der Waals surface area contributed by atoms with Crippen molar-refractivity contribution < 1.29 is 14.6 Å². The van der Waals surface area contributed by atoms with Crippen molar-refractivity contribution in [1.82, 2.24) is 9.88 Å². The first kappa shape index (κ1) is 12.7. The van der Waals surface area contributed by atoms with E-state index >= 15 is 0 Å². The number of hydrogen-bond acceptors (Lipinski definition) is 5. The minimum atomic E-state index is -0.918. The van der Waals surface area contributed by atoms with Gasteiger partial charge in [-0.1, -0.05) is 6.07 Å². The predicted octanol–water partition coefficient (Wildman–Crippen LogP) is 2.39. The van der Waals surface area contributed by atoms with Crippen molar-refractivity contribution in [3.8, 4) is 16.3 Å². The number of nitrogens with two attached hydrogens (primary N) is 1. The molecular weight excluding hydrogens is 278 g/mol. The average molecular weight is 291 g/mol. The molecule has 0 fully saturated rings. The fourth-order valence-electron chi connectivity index (χ4n) is 2.24. The van der Waals surface area contributed by atoms with Crippen molar-refractivity contribution in [3.05, 3.63) is 28.8 Å². The lowest BCUT2D eigenvalue weighted by Gasteiger charge is -2.10. The lowest BCUT2D eigenvalue weighted by Crippen LogP contribution is -2.22. The van der Waals surface area contributed by atoms with Crippen molar-refractivity contribution in [2.45, 2.75) is 13.1 Å². The lowest BCUT2D eigenvalue weighted by atomic mass is 10.2. The van der Waals surface area contributed by atoms with E-state index < -0.39 is 6.09 Å². The molecule has 104 valence electrons. The highest BCUT2D eigenvalue weighted by molar-refractivity contribution is 7.15. The summed E-state index contributed by atoms with van der Waals surface area (Å²) >= 11 is 1.48. The summed E-state index contributed by atoms with van der Waals surface area (Å²) in [5.41, 5.74) is 8.11. The number of benzene rings is 1. The number of nitrogens with zero attached hydrogens (tertiary/aromatic N) is 2. The van der Waals surface area contributed by atoms with E-state index in [4.69, 9.17) is 15.6 Å². The van der Waals surface area contributed by atoms with Crippen molar-refractivity contribution >= 4 is 23.1 Å². The molecule has 0 radical (unpaired) electrons. The molecule has 1 aliphatic heterocycles. The van der Waals surface area contributed by atoms with Gasteiger partial charge in [0, 0.05) is 4.88 Å². The number of fused-ring (bicyclic) bond motifs is 1. The van der Waals surface area contributed by atoms with E-state index in [1.807, 2.05) is 12.1 Å². The summed E-state index contributed by atoms with van der Waals surface area (Å²) in [6.45, 7) is 0.735. The molecule has 3 N–H and O–H groups in total. The molecule has 7 heteroatoms. The molecule has 1 amide bonds. The summed E-state index contributed by atoms with van der Waals surface area (Å²) in [6, 6.07) is 5.52. The fourth-order valence-corrected chi connectivity index (χ4v) is 3.35. The first-order chi connectivity index (χ1) is 9.60. The third-order valence-corrected chi connectivity index (χ3v) is 4.32. The Hall–Kier alpha value is -2.28. The third-order valence-electron chi connectivity index (χ3n) is 3.20. The third kappa shape index (κ3) is 1.96. The van der Waals surface area contributed by atoms with Gasteiger partial charge >= 0.3 is 6.09 Å². The summed E-state index contributed by atoms with van der Waals surface area (Å²) in [5.74, 6) is 0.606. The van der Waals surface area contributed by atoms with E-state index in [1.165, 1.54) is 16.2 Å². The van der Waals surface area contributed by atoms with E-state index in [9.17, 15) is 4.79 Å². The monoisotopic (exact) mass is 291 g/mol. The molecule has 2 aromatic rings. The normalized spacial score (nSPS) is 13.3. The minimum Gasteiger partial charge on any atom is -0.494 e. The van der Waals surface area contributed by atoms with Crippen LogP contribution >= 0.6 is 11.3 Å². The molecule has 0 atom stereocenters. The number of carboxylic acid groups (broad SMARTS) is 1. The van der Waals surface area contributed by atoms with Crippen LogP contribution in [0.4, 0.5) is 10.5 Å². The van der Waals surface area contributed by atoms with E-state index in [2.05, 4.69) is 4.98 Å². The molecule has 6 nitrogen and oxygen atoms in total. The summed E-state index contributed by atoms with van der Waals surface area (Å²) in [4.78, 5) is 17.8. The molecule has 2 heterocycles. The Labute approximate surface area is 119 Å². The number of hydrogen-bond donors (Lipinski definition) is 2. The molecule has 1 aliphatic rings. The highest BCUT2D eigenvalue weighted by Crippen LogP contribution is 2.39. The molecule has 1 aromatic carbocycles. The van der Waals surface area contributed by atoms with Gasteiger partial charge in [-0.05, 0) is 12.1 Å². The molecule has 0 spiro atoms. The van der Waals surface area contributed by atoms with Crippen molar-refractivity contribution in [3.63, 3.8) is 0 Å². The van der Waals surface area contributed by atoms with Crippen LogP contribution in [-0.4, -0.2) is 28.2 Å². The largest absolute Gasteiger partial charge is 0.494 e. The Kier molecular flexibility index (Phi) is 2.98. The fraction of sp³-hybridized carbons (Fsp3) is 0.231. The van der Waals surface area contributed by atoms with Gasteiger partial charge in [-0.15, -0.1) is 11.3 Å². The van der Waals surface area contributed by atoms with Gasteiger partial charge in [-0.25, -0.2) is 9.78 Å². The molecule has 0 unspecified atom stereocenters. The molecule has 1 aromatic heterocycles. The van der Waals surface area contributed by atoms with Crippen molar-refractivity contribution in [1.29, 1.82) is 0 Å². The number of ether oxygens (including phenoxy) is 1. The molecule has 0 bridgehead atoms. The maximum atomic E-state index is 10.9. The molecule has 20 heavy (non-hydrogen) atoms. The minimum absolute atomic E-state index is 0.339. The Balaban J connectivity index is 1.98. The predicted molar refractivity (Wildman–Crippen MR) is 75.8 cm³/mol. The molecule has 0 aliphatic carbocycles. The molecular formula is C13H13N3O3S. The van der Waals surface area contributed by atoms with Gasteiger partial charge in [0.15, 0.2) is 5.75 Å². The summed E-state index contributed by atoms with van der Waals surface area (Å²) in [7, 11) is 1.57. The van der Waals surface area contributed by atoms with Gasteiger partial charge in [-0.2, -0.15) is 0 Å². The van der Waals surface area contributed by atoms with Crippen molar-refractivity contribution in [2.75, 3.05) is 12.8 Å². The second-order valence-electron chi connectivity index (χ2n) is 4.46. The van der Waals surface area contributed by atoms with Crippen LogP contribution in [0.3, 0.4) is 0 Å². The van der Waals surface area contributed by atoms with Crippen LogP contribution < -0.4 is 10.5 Å². The summed E-state index contributed by atoms with van der Waals surface area (Å²) < 4.78 is 5.33. The van der Waals surface area contributed by atoms with Crippen LogP contribution in [0.15, 0.2) is 18.2 Å². The maximum Gasteiger partial charge on any atom is 0.407 e. The van der Waals surface area contributed by atoms with Gasteiger partial charge in [0.1, 0.15) is 5.01 Å². The zero-order valence-electron chi connectivity index (χ0n) is 10.8. The molecule has 0 saturated heterocycles. The Morgan fingerprint density at radius 3 is 2.95 bits per heavy atom. The van der Waals surface area contributed by atoms with Crippen LogP contribution in [0.5, 0.6) is 5.75 Å². The smallest absolute Gasteiger partial charge is 0.407 e. The Bertz CT molecular complexity index is 660. The summed E-state index contributed by atoms with van der Waals surface area (Å²) in [6.07, 6.45) is -0.918. The number of anilines is 1. The molecule has 0 saturated carbocycles. The van der Waals surface area contributed by atoms with E-state index in [0.29, 0.717) is 24.5 Å². The van der Waals surface area contributed by atoms with E-state index in [-0.39, 0.29) is 0 Å². The highest BCUT2D eigenvalue weighted by Gasteiger charge is 2.27. The topological polar surface area (TPSA) is 88.7 Å². The number of rotatable bonds is 2. The second-order valence-corrected chi connectivity index (χ2v) is 5.54. The second kappa shape index (κ2) is 4.68. The van der Waals surface area contributed by atoms with Gasteiger partial charge in [0.05, 0.1) is 37.1 Å². The average Bonchev–Trinajstić information content (AvgIpc) is 2.96. The first-order valence-corrected chi connectivity index (χ1v) is 6.81. The number of carbonyl (C=O) groups is 1. The standard InChI is InChI=1S/C13H13N3O3S/c1-19-11-7(3-2-4-8(11)14)12-15-9-5-16(13(17)18)6-10(9)20-12/h2-4H,5-6,14H2,1H3,(H,17,18). The maximum absolute atomic E-state index is 10.9. The van der Waals surface area contributed by atoms with Crippen LogP contribution in [0, 0.1) is 0 Å². The van der Waals surface area contributed by atoms with Crippen LogP contribution in [0.1, 0.15) is 10.6 Å². The SMILES string of the molecule is COc1c(N)cccc1-c1nc2c(s1)CN(C(=O)O)C2. The number of methoxy groups -OCH3 is 1. The zero-order valence-corrected chi connectivity index (χ0v) is 11.6. The summed E-state index contributed by atoms with van der Waals surface area (Å²) in [5, 5.41) is 9.78. The first-order valence-electron chi connectivity index (χ1n) is 5.99. The van der Waals surface area contributed by atoms with Gasteiger partial charge in [-0.3, -0.25) is 4.90 Å². The Morgan fingerprint density at radius 1 is 1.50 bits per heavy atom. The molecule has 3 rings (SSSR count). The van der Waals surface area contributed by atoms with Crippen LogP contribution in [0.2, 0.25) is 0 Å². The van der Waals surface area contributed by atoms with Crippen LogP contribution in [-0.2, 0) is 13.1 Å². The van der Waals surface area contributed by atoms with Gasteiger partial charge in [0.2, 0.25) is 0 Å². The Morgan fingerprint density at radius 2 is 2.30 bits per heavy atom. The lowest BCUT2D eigenvalue weighted by molar-refractivity contribution is 0.145. The number of thiazole rings is 1. The van der Waals surface area contributed by atoms with Crippen molar-refractivity contribution in [2.24, 2.45) is 0 Å². The van der Waals surface area contributed by atoms with E-state index in [1.54, 1.807) is 13.2 Å². The van der Waals surface area contributed by atoms with Crippen LogP contribution in [0.25, 0.3) is 10.6 Å². The van der Waals surface area contributed by atoms with Gasteiger partial charge in [0.25, 0.3) is 0 Å².